The molecule has 8 nitrogen and oxygen atoms in total. The van der Waals surface area contributed by atoms with E-state index in [0.717, 1.165) is 13.0 Å². The van der Waals surface area contributed by atoms with Crippen LogP contribution >= 0.6 is 0 Å². The van der Waals surface area contributed by atoms with Gasteiger partial charge in [-0.1, -0.05) is 58.4 Å². The van der Waals surface area contributed by atoms with Crippen molar-refractivity contribution >= 4 is 0 Å². The predicted molar refractivity (Wildman–Crippen MR) is 134 cm³/mol. The SMILES string of the molecule is C=COCCOCCOCCOCCOCCOCCOCCOCCCCCCCCCC. The van der Waals surface area contributed by atoms with Gasteiger partial charge in [-0.05, 0) is 6.42 Å². The zero-order chi connectivity index (χ0) is 24.6. The number of hydrogen-bond acceptors (Lipinski definition) is 8. The van der Waals surface area contributed by atoms with Gasteiger partial charge in [-0.25, -0.2) is 0 Å². The molecular weight excluding hydrogens is 440 g/mol. The Bertz CT molecular complexity index is 371. The molecule has 204 valence electrons. The average molecular weight is 493 g/mol. The first kappa shape index (κ1) is 33.3. The molecule has 0 saturated heterocycles. The molecule has 0 amide bonds. The van der Waals surface area contributed by atoms with Gasteiger partial charge in [-0.15, -0.1) is 0 Å². The monoisotopic (exact) mass is 492 g/mol. The van der Waals surface area contributed by atoms with Crippen LogP contribution in [0, 0.1) is 0 Å². The summed E-state index contributed by atoms with van der Waals surface area (Å²) >= 11 is 0. The number of unbranched alkanes of at least 4 members (excludes halogenated alkanes) is 7. The van der Waals surface area contributed by atoms with Gasteiger partial charge in [0.15, 0.2) is 0 Å². The maximum Gasteiger partial charge on any atom is 0.111 e. The zero-order valence-corrected chi connectivity index (χ0v) is 21.8. The van der Waals surface area contributed by atoms with E-state index in [1.54, 1.807) is 0 Å². The van der Waals surface area contributed by atoms with E-state index in [1.807, 2.05) is 0 Å². The van der Waals surface area contributed by atoms with E-state index < -0.39 is 0 Å². The van der Waals surface area contributed by atoms with Crippen molar-refractivity contribution < 1.29 is 37.9 Å². The summed E-state index contributed by atoms with van der Waals surface area (Å²) in [5, 5.41) is 0. The Morgan fingerprint density at radius 1 is 0.382 bits per heavy atom. The molecule has 0 aliphatic rings. The molecule has 0 bridgehead atoms. The molecule has 0 radical (unpaired) electrons. The molecule has 0 aromatic carbocycles. The van der Waals surface area contributed by atoms with Gasteiger partial charge < -0.3 is 37.9 Å². The average Bonchev–Trinajstić information content (AvgIpc) is 2.85. The minimum atomic E-state index is 0.514. The molecule has 0 N–H and O–H groups in total. The molecular formula is C26H52O8. The van der Waals surface area contributed by atoms with Gasteiger partial charge in [0, 0.05) is 6.61 Å². The summed E-state index contributed by atoms with van der Waals surface area (Å²) < 4.78 is 43.1. The second-order valence-corrected chi connectivity index (χ2v) is 7.80. The fourth-order valence-corrected chi connectivity index (χ4v) is 2.95. The minimum absolute atomic E-state index is 0.514. The summed E-state index contributed by atoms with van der Waals surface area (Å²) in [7, 11) is 0. The van der Waals surface area contributed by atoms with Crippen molar-refractivity contribution in [3.8, 4) is 0 Å². The lowest BCUT2D eigenvalue weighted by Gasteiger charge is -2.08. The summed E-state index contributed by atoms with van der Waals surface area (Å²) in [6.07, 6.45) is 12.0. The Kier molecular flexibility index (Phi) is 31.6. The quantitative estimate of drug-likeness (QED) is 0.104. The highest BCUT2D eigenvalue weighted by Gasteiger charge is 1.95. The summed E-state index contributed by atoms with van der Waals surface area (Å²) in [6, 6.07) is 0. The molecule has 0 aliphatic heterocycles. The molecule has 0 saturated carbocycles. The van der Waals surface area contributed by atoms with Crippen LogP contribution in [-0.2, 0) is 37.9 Å². The number of hydrogen-bond donors (Lipinski definition) is 0. The van der Waals surface area contributed by atoms with Crippen LogP contribution in [0.2, 0.25) is 0 Å². The lowest BCUT2D eigenvalue weighted by atomic mass is 10.1. The first-order valence-electron chi connectivity index (χ1n) is 13.2. The Morgan fingerprint density at radius 3 is 1.03 bits per heavy atom. The second-order valence-electron chi connectivity index (χ2n) is 7.80. The molecule has 0 aromatic heterocycles. The van der Waals surface area contributed by atoms with E-state index in [9.17, 15) is 0 Å². The molecule has 8 heteroatoms. The van der Waals surface area contributed by atoms with Gasteiger partial charge in [0.05, 0.1) is 92.2 Å². The van der Waals surface area contributed by atoms with Crippen LogP contribution in [0.25, 0.3) is 0 Å². The molecule has 34 heavy (non-hydrogen) atoms. The largest absolute Gasteiger partial charge is 0.499 e. The van der Waals surface area contributed by atoms with Crippen LogP contribution in [-0.4, -0.2) is 99.1 Å². The molecule has 0 aromatic rings. The predicted octanol–water partition coefficient (Wildman–Crippen LogP) is 4.40. The lowest BCUT2D eigenvalue weighted by Crippen LogP contribution is -2.14. The van der Waals surface area contributed by atoms with Gasteiger partial charge in [-0.2, -0.15) is 0 Å². The van der Waals surface area contributed by atoms with E-state index in [-0.39, 0.29) is 0 Å². The van der Waals surface area contributed by atoms with Crippen LogP contribution in [0.4, 0.5) is 0 Å². The van der Waals surface area contributed by atoms with Crippen molar-refractivity contribution in [3.63, 3.8) is 0 Å². The highest BCUT2D eigenvalue weighted by molar-refractivity contribution is 4.48. The Balaban J connectivity index is 3.00. The third-order valence-corrected chi connectivity index (χ3v) is 4.84. The Hall–Kier alpha value is -0.740. The minimum Gasteiger partial charge on any atom is -0.499 e. The third-order valence-electron chi connectivity index (χ3n) is 4.84. The van der Waals surface area contributed by atoms with Crippen LogP contribution in [0.1, 0.15) is 58.3 Å². The van der Waals surface area contributed by atoms with Crippen molar-refractivity contribution in [1.82, 2.24) is 0 Å². The van der Waals surface area contributed by atoms with Crippen LogP contribution in [0.15, 0.2) is 12.8 Å². The van der Waals surface area contributed by atoms with Crippen molar-refractivity contribution in [2.45, 2.75) is 58.3 Å². The Morgan fingerprint density at radius 2 is 0.676 bits per heavy atom. The molecule has 0 fully saturated rings. The molecule has 0 atom stereocenters. The van der Waals surface area contributed by atoms with Crippen molar-refractivity contribution in [1.29, 1.82) is 0 Å². The van der Waals surface area contributed by atoms with E-state index in [1.165, 1.54) is 51.2 Å². The maximum absolute atomic E-state index is 5.60. The maximum atomic E-state index is 5.60. The topological polar surface area (TPSA) is 73.8 Å². The van der Waals surface area contributed by atoms with Gasteiger partial charge in [0.2, 0.25) is 0 Å². The fourth-order valence-electron chi connectivity index (χ4n) is 2.95. The van der Waals surface area contributed by atoms with Crippen molar-refractivity contribution in [2.75, 3.05) is 99.1 Å². The molecule has 0 heterocycles. The van der Waals surface area contributed by atoms with E-state index in [0.29, 0.717) is 92.5 Å². The van der Waals surface area contributed by atoms with Gasteiger partial charge >= 0.3 is 0 Å². The molecule has 0 spiro atoms. The molecule has 0 aliphatic carbocycles. The second kappa shape index (κ2) is 32.3. The van der Waals surface area contributed by atoms with E-state index >= 15 is 0 Å². The first-order valence-corrected chi connectivity index (χ1v) is 13.2. The van der Waals surface area contributed by atoms with Gasteiger partial charge in [0.25, 0.3) is 0 Å². The number of rotatable bonds is 31. The fraction of sp³-hybridized carbons (Fsp3) is 0.923. The van der Waals surface area contributed by atoms with Crippen LogP contribution in [0.5, 0.6) is 0 Å². The molecule has 0 rings (SSSR count). The summed E-state index contributed by atoms with van der Waals surface area (Å²) in [6.45, 7) is 14.4. The lowest BCUT2D eigenvalue weighted by molar-refractivity contribution is -0.0217. The highest BCUT2D eigenvalue weighted by atomic mass is 16.6. The summed E-state index contributed by atoms with van der Waals surface area (Å²) in [5.41, 5.74) is 0. The van der Waals surface area contributed by atoms with Crippen molar-refractivity contribution in [2.24, 2.45) is 0 Å². The van der Waals surface area contributed by atoms with E-state index in [2.05, 4.69) is 13.5 Å². The van der Waals surface area contributed by atoms with Crippen LogP contribution < -0.4 is 0 Å². The summed E-state index contributed by atoms with van der Waals surface area (Å²) in [5.74, 6) is 0. The Labute approximate surface area is 208 Å². The van der Waals surface area contributed by atoms with Gasteiger partial charge in [0.1, 0.15) is 6.61 Å². The summed E-state index contributed by atoms with van der Waals surface area (Å²) in [4.78, 5) is 0. The zero-order valence-electron chi connectivity index (χ0n) is 21.8. The molecule has 0 unspecified atom stereocenters. The smallest absolute Gasteiger partial charge is 0.111 e. The van der Waals surface area contributed by atoms with E-state index in [4.69, 9.17) is 37.9 Å². The normalized spacial score (nSPS) is 11.2. The van der Waals surface area contributed by atoms with Crippen molar-refractivity contribution in [3.05, 3.63) is 12.8 Å². The van der Waals surface area contributed by atoms with Gasteiger partial charge in [-0.3, -0.25) is 0 Å². The van der Waals surface area contributed by atoms with Crippen LogP contribution in [0.3, 0.4) is 0 Å². The third kappa shape index (κ3) is 31.3. The standard InChI is InChI=1S/C26H52O8/c1-3-5-6-7-8-9-10-11-12-28-15-16-30-19-20-32-23-24-34-26-25-33-22-21-31-18-17-29-14-13-27-4-2/h4H,2-3,5-26H2,1H3. The number of ether oxygens (including phenoxy) is 8. The first-order chi connectivity index (χ1) is 16.9. The highest BCUT2D eigenvalue weighted by Crippen LogP contribution is 2.08.